The van der Waals surface area contributed by atoms with Crippen molar-refractivity contribution >= 4 is 11.7 Å². The minimum Gasteiger partial charge on any atom is -0.497 e. The zero-order valence-electron chi connectivity index (χ0n) is 12.6. The van der Waals surface area contributed by atoms with Crippen LogP contribution in [0.15, 0.2) is 42.5 Å². The first-order valence-electron chi connectivity index (χ1n) is 6.67. The third kappa shape index (κ3) is 3.97. The number of benzene rings is 2. The van der Waals surface area contributed by atoms with Crippen LogP contribution in [0.3, 0.4) is 0 Å². The number of methoxy groups -OCH3 is 2. The van der Waals surface area contributed by atoms with E-state index in [4.69, 9.17) is 9.47 Å². The summed E-state index contributed by atoms with van der Waals surface area (Å²) in [5.74, 6) is 0.0655. The average Bonchev–Trinajstić information content (AvgIpc) is 2.59. The summed E-state index contributed by atoms with van der Waals surface area (Å²) in [5.41, 5.74) is 0.737. The van der Waals surface area contributed by atoms with Gasteiger partial charge in [-0.15, -0.1) is 0 Å². The second-order valence-electron chi connectivity index (χ2n) is 4.57. The van der Waals surface area contributed by atoms with Crippen LogP contribution in [0.4, 0.5) is 5.69 Å². The van der Waals surface area contributed by atoms with Crippen molar-refractivity contribution in [2.75, 3.05) is 14.2 Å². The van der Waals surface area contributed by atoms with Crippen molar-refractivity contribution in [1.29, 1.82) is 0 Å². The Kier molecular flexibility index (Phi) is 5.14. The average molecular weight is 317 g/mol. The lowest BCUT2D eigenvalue weighted by Crippen LogP contribution is -2.04. The van der Waals surface area contributed by atoms with Crippen molar-refractivity contribution in [3.63, 3.8) is 0 Å². The molecule has 0 atom stereocenters. The normalized spacial score (nSPS) is 10.0. The quantitative estimate of drug-likeness (QED) is 0.462. The standard InChI is InChI=1S/C16H15NO6/c1-21-13-5-3-4-11(8-13)10-23-15-9-12(16(18)22-2)6-7-14(15)17(19)20/h3-9H,10H2,1-2H3. The molecule has 2 rings (SSSR count). The predicted octanol–water partition coefficient (Wildman–Crippen LogP) is 2.97. The van der Waals surface area contributed by atoms with Gasteiger partial charge in [-0.3, -0.25) is 10.1 Å². The van der Waals surface area contributed by atoms with Gasteiger partial charge in [0.05, 0.1) is 24.7 Å². The van der Waals surface area contributed by atoms with Crippen molar-refractivity contribution in [3.05, 3.63) is 63.7 Å². The summed E-state index contributed by atoms with van der Waals surface area (Å²) in [6.45, 7) is 0.0999. The molecule has 0 radical (unpaired) electrons. The maximum Gasteiger partial charge on any atom is 0.337 e. The van der Waals surface area contributed by atoms with E-state index in [0.29, 0.717) is 5.75 Å². The number of hydrogen-bond acceptors (Lipinski definition) is 6. The fraction of sp³-hybridized carbons (Fsp3) is 0.188. The number of nitrogens with zero attached hydrogens (tertiary/aromatic N) is 1. The van der Waals surface area contributed by atoms with Gasteiger partial charge in [-0.05, 0) is 23.8 Å². The van der Waals surface area contributed by atoms with E-state index < -0.39 is 10.9 Å². The Bertz CT molecular complexity index is 728. The summed E-state index contributed by atoms with van der Waals surface area (Å²) in [4.78, 5) is 22.0. The van der Waals surface area contributed by atoms with Crippen LogP contribution in [0.2, 0.25) is 0 Å². The van der Waals surface area contributed by atoms with Gasteiger partial charge >= 0.3 is 11.7 Å². The molecule has 0 saturated heterocycles. The number of hydrogen-bond donors (Lipinski definition) is 0. The molecule has 120 valence electrons. The number of ether oxygens (including phenoxy) is 3. The van der Waals surface area contributed by atoms with Crippen LogP contribution >= 0.6 is 0 Å². The van der Waals surface area contributed by atoms with Crippen LogP contribution in [0.5, 0.6) is 11.5 Å². The van der Waals surface area contributed by atoms with Gasteiger partial charge < -0.3 is 14.2 Å². The molecule has 0 saturated carbocycles. The molecular weight excluding hydrogens is 302 g/mol. The minimum atomic E-state index is -0.592. The molecule has 0 spiro atoms. The Morgan fingerprint density at radius 1 is 1.17 bits per heavy atom. The summed E-state index contributed by atoms with van der Waals surface area (Å²) in [6.07, 6.45) is 0. The molecule has 2 aromatic carbocycles. The van der Waals surface area contributed by atoms with E-state index in [1.54, 1.807) is 31.4 Å². The van der Waals surface area contributed by atoms with E-state index in [2.05, 4.69) is 4.74 Å². The molecule has 7 heteroatoms. The van der Waals surface area contributed by atoms with E-state index in [-0.39, 0.29) is 23.6 Å². The van der Waals surface area contributed by atoms with E-state index in [0.717, 1.165) is 5.56 Å². The number of carbonyl (C=O) groups excluding carboxylic acids is 1. The summed E-state index contributed by atoms with van der Waals surface area (Å²) >= 11 is 0. The highest BCUT2D eigenvalue weighted by Crippen LogP contribution is 2.29. The van der Waals surface area contributed by atoms with Gasteiger partial charge in [0.25, 0.3) is 0 Å². The molecule has 0 aliphatic rings. The smallest absolute Gasteiger partial charge is 0.337 e. The van der Waals surface area contributed by atoms with Crippen LogP contribution in [-0.4, -0.2) is 25.1 Å². The lowest BCUT2D eigenvalue weighted by molar-refractivity contribution is -0.385. The van der Waals surface area contributed by atoms with Gasteiger partial charge in [0, 0.05) is 12.1 Å². The molecule has 0 heterocycles. The van der Waals surface area contributed by atoms with Crippen LogP contribution in [0.25, 0.3) is 0 Å². The lowest BCUT2D eigenvalue weighted by atomic mass is 10.2. The summed E-state index contributed by atoms with van der Waals surface area (Å²) < 4.78 is 15.2. The third-order valence-electron chi connectivity index (χ3n) is 3.11. The number of esters is 1. The molecule has 7 nitrogen and oxygen atoms in total. The zero-order valence-corrected chi connectivity index (χ0v) is 12.6. The molecule has 0 unspecified atom stereocenters. The third-order valence-corrected chi connectivity index (χ3v) is 3.11. The topological polar surface area (TPSA) is 87.9 Å². The fourth-order valence-corrected chi connectivity index (χ4v) is 1.95. The fourth-order valence-electron chi connectivity index (χ4n) is 1.95. The molecule has 0 amide bonds. The maximum atomic E-state index is 11.5. The highest BCUT2D eigenvalue weighted by Gasteiger charge is 2.18. The molecule has 0 aliphatic carbocycles. The highest BCUT2D eigenvalue weighted by atomic mass is 16.6. The largest absolute Gasteiger partial charge is 0.497 e. The van der Waals surface area contributed by atoms with Crippen molar-refractivity contribution in [2.24, 2.45) is 0 Å². The van der Waals surface area contributed by atoms with Gasteiger partial charge in [-0.25, -0.2) is 4.79 Å². The molecule has 23 heavy (non-hydrogen) atoms. The maximum absolute atomic E-state index is 11.5. The first kappa shape index (κ1) is 16.3. The Hall–Kier alpha value is -3.09. The SMILES string of the molecule is COC(=O)c1ccc([N+](=O)[O-])c(OCc2cccc(OC)c2)c1. The highest BCUT2D eigenvalue weighted by molar-refractivity contribution is 5.90. The molecule has 0 aliphatic heterocycles. The Labute approximate surface area is 132 Å². The number of nitro benzene ring substituents is 1. The molecule has 2 aromatic rings. The summed E-state index contributed by atoms with van der Waals surface area (Å²) in [5, 5.41) is 11.1. The van der Waals surface area contributed by atoms with Gasteiger partial charge in [0.15, 0.2) is 5.75 Å². The van der Waals surface area contributed by atoms with E-state index in [1.807, 2.05) is 0 Å². The van der Waals surface area contributed by atoms with E-state index >= 15 is 0 Å². The van der Waals surface area contributed by atoms with Crippen LogP contribution < -0.4 is 9.47 Å². The first-order chi connectivity index (χ1) is 11.0. The van der Waals surface area contributed by atoms with Crippen molar-refractivity contribution in [1.82, 2.24) is 0 Å². The minimum absolute atomic E-state index is 0.000667. The Morgan fingerprint density at radius 3 is 2.61 bits per heavy atom. The number of rotatable bonds is 6. The predicted molar refractivity (Wildman–Crippen MR) is 81.8 cm³/mol. The molecule has 0 fully saturated rings. The Balaban J connectivity index is 2.25. The van der Waals surface area contributed by atoms with Gasteiger partial charge in [0.1, 0.15) is 12.4 Å². The second kappa shape index (κ2) is 7.26. The molecule has 0 bridgehead atoms. The zero-order chi connectivity index (χ0) is 16.8. The van der Waals surface area contributed by atoms with Crippen LogP contribution in [0, 0.1) is 10.1 Å². The lowest BCUT2D eigenvalue weighted by Gasteiger charge is -2.09. The number of nitro groups is 1. The summed E-state index contributed by atoms with van der Waals surface area (Å²) in [6, 6.07) is 11.0. The van der Waals surface area contributed by atoms with Gasteiger partial charge in [0.2, 0.25) is 0 Å². The summed E-state index contributed by atoms with van der Waals surface area (Å²) in [7, 11) is 2.78. The van der Waals surface area contributed by atoms with E-state index in [9.17, 15) is 14.9 Å². The molecular formula is C16H15NO6. The Morgan fingerprint density at radius 2 is 1.96 bits per heavy atom. The van der Waals surface area contributed by atoms with E-state index in [1.165, 1.54) is 25.3 Å². The van der Waals surface area contributed by atoms with Crippen LogP contribution in [-0.2, 0) is 11.3 Å². The van der Waals surface area contributed by atoms with Crippen LogP contribution in [0.1, 0.15) is 15.9 Å². The van der Waals surface area contributed by atoms with Gasteiger partial charge in [-0.2, -0.15) is 0 Å². The van der Waals surface area contributed by atoms with Crippen molar-refractivity contribution < 1.29 is 23.9 Å². The first-order valence-corrected chi connectivity index (χ1v) is 6.67. The van der Waals surface area contributed by atoms with Crippen molar-refractivity contribution in [2.45, 2.75) is 6.61 Å². The molecule has 0 N–H and O–H groups in total. The molecule has 0 aromatic heterocycles. The number of carbonyl (C=O) groups is 1. The van der Waals surface area contributed by atoms with Gasteiger partial charge in [-0.1, -0.05) is 12.1 Å². The second-order valence-corrected chi connectivity index (χ2v) is 4.57. The van der Waals surface area contributed by atoms with Crippen molar-refractivity contribution in [3.8, 4) is 11.5 Å². The monoisotopic (exact) mass is 317 g/mol.